The Hall–Kier alpha value is -3.41. The molecule has 1 aromatic heterocycles. The third kappa shape index (κ3) is 3.33. The van der Waals surface area contributed by atoms with Gasteiger partial charge in [-0.15, -0.1) is 0 Å². The van der Waals surface area contributed by atoms with Crippen LogP contribution < -0.4 is 5.32 Å². The summed E-state index contributed by atoms with van der Waals surface area (Å²) >= 11 is 0. The molecule has 0 spiro atoms. The maximum atomic E-state index is 12.0. The Morgan fingerprint density at radius 2 is 1.83 bits per heavy atom. The van der Waals surface area contributed by atoms with Gasteiger partial charge < -0.3 is 9.84 Å². The average molecular weight is 322 g/mol. The number of rotatable bonds is 4. The number of ether oxygens (including phenoxy) is 1. The number of carbonyl (C=O) groups excluding carboxylic acids is 1. The summed E-state index contributed by atoms with van der Waals surface area (Å²) in [7, 11) is 0. The molecule has 0 radical (unpaired) electrons. The molecule has 3 rings (SSSR count). The number of aromatic nitrogens is 1. The lowest BCUT2D eigenvalue weighted by Gasteiger charge is -2.10. The summed E-state index contributed by atoms with van der Waals surface area (Å²) in [5, 5.41) is 12.3. The molecule has 1 heterocycles. The minimum atomic E-state index is -1.05. The fourth-order valence-corrected chi connectivity index (χ4v) is 2.33. The van der Waals surface area contributed by atoms with Gasteiger partial charge in [-0.3, -0.25) is 10.3 Å². The van der Waals surface area contributed by atoms with E-state index in [1.54, 1.807) is 12.1 Å². The number of carboxylic acids is 1. The summed E-state index contributed by atoms with van der Waals surface area (Å²) in [5.41, 5.74) is 1.79. The lowest BCUT2D eigenvalue weighted by Crippen LogP contribution is -2.14. The quantitative estimate of drug-likeness (QED) is 0.765. The minimum absolute atomic E-state index is 0.126. The van der Waals surface area contributed by atoms with E-state index in [2.05, 4.69) is 10.3 Å². The molecule has 0 aliphatic carbocycles. The van der Waals surface area contributed by atoms with Gasteiger partial charge in [0.2, 0.25) is 0 Å². The third-order valence-corrected chi connectivity index (χ3v) is 3.45. The average Bonchev–Trinajstić information content (AvgIpc) is 2.61. The summed E-state index contributed by atoms with van der Waals surface area (Å²) in [4.78, 5) is 27.4. The highest BCUT2D eigenvalue weighted by molar-refractivity contribution is 6.08. The molecule has 0 fully saturated rings. The SMILES string of the molecule is O=C(Nc1ccc(C(=O)O)c2cccnc12)OCc1ccccc1. The van der Waals surface area contributed by atoms with Crippen molar-refractivity contribution in [1.29, 1.82) is 0 Å². The van der Waals surface area contributed by atoms with Crippen molar-refractivity contribution in [2.75, 3.05) is 5.32 Å². The molecule has 2 N–H and O–H groups in total. The van der Waals surface area contributed by atoms with Gasteiger partial charge in [0.05, 0.1) is 16.8 Å². The first kappa shape index (κ1) is 15.5. The molecule has 6 nitrogen and oxygen atoms in total. The van der Waals surface area contributed by atoms with Crippen LogP contribution in [0, 0.1) is 0 Å². The number of carboxylic acid groups (broad SMARTS) is 1. The first-order chi connectivity index (χ1) is 11.6. The zero-order valence-electron chi connectivity index (χ0n) is 12.6. The van der Waals surface area contributed by atoms with Crippen molar-refractivity contribution >= 4 is 28.7 Å². The number of amides is 1. The number of hydrogen-bond acceptors (Lipinski definition) is 4. The second kappa shape index (κ2) is 6.78. The van der Waals surface area contributed by atoms with Gasteiger partial charge in [0.25, 0.3) is 0 Å². The van der Waals surface area contributed by atoms with E-state index in [0.717, 1.165) is 5.56 Å². The van der Waals surface area contributed by atoms with E-state index in [1.807, 2.05) is 30.3 Å². The third-order valence-electron chi connectivity index (χ3n) is 3.45. The lowest BCUT2D eigenvalue weighted by atomic mass is 10.1. The van der Waals surface area contributed by atoms with E-state index in [9.17, 15) is 14.7 Å². The van der Waals surface area contributed by atoms with Crippen LogP contribution in [-0.2, 0) is 11.3 Å². The zero-order chi connectivity index (χ0) is 16.9. The topological polar surface area (TPSA) is 88.5 Å². The molecular formula is C18H14N2O4. The van der Waals surface area contributed by atoms with Gasteiger partial charge in [0.15, 0.2) is 0 Å². The van der Waals surface area contributed by atoms with Crippen molar-refractivity contribution in [3.05, 3.63) is 71.9 Å². The maximum Gasteiger partial charge on any atom is 0.412 e. The molecule has 0 unspecified atom stereocenters. The van der Waals surface area contributed by atoms with Crippen LogP contribution in [-0.4, -0.2) is 22.2 Å². The summed E-state index contributed by atoms with van der Waals surface area (Å²) in [5.74, 6) is -1.05. The minimum Gasteiger partial charge on any atom is -0.478 e. The predicted molar refractivity (Wildman–Crippen MR) is 89.0 cm³/mol. The van der Waals surface area contributed by atoms with Crippen LogP contribution >= 0.6 is 0 Å². The predicted octanol–water partition coefficient (Wildman–Crippen LogP) is 3.68. The molecule has 6 heteroatoms. The van der Waals surface area contributed by atoms with Crippen LogP contribution in [0.5, 0.6) is 0 Å². The van der Waals surface area contributed by atoms with Crippen molar-refractivity contribution < 1.29 is 19.4 Å². The largest absolute Gasteiger partial charge is 0.478 e. The van der Waals surface area contributed by atoms with E-state index in [4.69, 9.17) is 4.74 Å². The lowest BCUT2D eigenvalue weighted by molar-refractivity contribution is 0.0699. The summed E-state index contributed by atoms with van der Waals surface area (Å²) in [6, 6.07) is 15.5. The van der Waals surface area contributed by atoms with Gasteiger partial charge in [-0.25, -0.2) is 9.59 Å². The van der Waals surface area contributed by atoms with Gasteiger partial charge >= 0.3 is 12.1 Å². The Morgan fingerprint density at radius 1 is 1.04 bits per heavy atom. The molecule has 120 valence electrons. The van der Waals surface area contributed by atoms with Crippen LogP contribution in [0.25, 0.3) is 10.9 Å². The van der Waals surface area contributed by atoms with Gasteiger partial charge in [-0.2, -0.15) is 0 Å². The fourth-order valence-electron chi connectivity index (χ4n) is 2.33. The number of hydrogen-bond donors (Lipinski definition) is 2. The van der Waals surface area contributed by atoms with Crippen LogP contribution in [0.4, 0.5) is 10.5 Å². The Bertz CT molecular complexity index is 894. The normalized spacial score (nSPS) is 10.3. The highest BCUT2D eigenvalue weighted by Gasteiger charge is 2.14. The molecule has 3 aromatic rings. The molecule has 0 atom stereocenters. The van der Waals surface area contributed by atoms with Gasteiger partial charge in [0.1, 0.15) is 6.61 Å². The number of pyridine rings is 1. The van der Waals surface area contributed by atoms with Crippen LogP contribution in [0.1, 0.15) is 15.9 Å². The Balaban J connectivity index is 1.79. The van der Waals surface area contributed by atoms with E-state index < -0.39 is 12.1 Å². The second-order valence-corrected chi connectivity index (χ2v) is 5.05. The number of fused-ring (bicyclic) bond motifs is 1. The van der Waals surface area contributed by atoms with Crippen molar-refractivity contribution in [3.63, 3.8) is 0 Å². The van der Waals surface area contributed by atoms with Crippen molar-refractivity contribution in [1.82, 2.24) is 4.98 Å². The fraction of sp³-hybridized carbons (Fsp3) is 0.0556. The second-order valence-electron chi connectivity index (χ2n) is 5.05. The number of nitrogens with zero attached hydrogens (tertiary/aromatic N) is 1. The van der Waals surface area contributed by atoms with Gasteiger partial charge in [-0.05, 0) is 23.8 Å². The molecular weight excluding hydrogens is 308 g/mol. The summed E-state index contributed by atoms with van der Waals surface area (Å²) in [6.07, 6.45) is 0.905. The number of nitrogens with one attached hydrogen (secondary N) is 1. The van der Waals surface area contributed by atoms with Crippen LogP contribution in [0.3, 0.4) is 0 Å². The molecule has 1 amide bonds. The molecule has 0 bridgehead atoms. The smallest absolute Gasteiger partial charge is 0.412 e. The molecule has 2 aromatic carbocycles. The number of carbonyl (C=O) groups is 2. The monoisotopic (exact) mass is 322 g/mol. The maximum absolute atomic E-state index is 12.0. The van der Waals surface area contributed by atoms with Gasteiger partial charge in [-0.1, -0.05) is 36.4 Å². The number of aromatic carboxylic acids is 1. The Kier molecular flexibility index (Phi) is 4.38. The van der Waals surface area contributed by atoms with E-state index in [-0.39, 0.29) is 12.2 Å². The van der Waals surface area contributed by atoms with Crippen LogP contribution in [0.15, 0.2) is 60.8 Å². The highest BCUT2D eigenvalue weighted by Crippen LogP contribution is 2.25. The standard InChI is InChI=1S/C18H14N2O4/c21-17(22)14-8-9-15(16-13(14)7-4-10-19-16)20-18(23)24-11-12-5-2-1-3-6-12/h1-10H,11H2,(H,20,23)(H,21,22). The summed E-state index contributed by atoms with van der Waals surface area (Å²) in [6.45, 7) is 0.144. The van der Waals surface area contributed by atoms with Crippen molar-refractivity contribution in [3.8, 4) is 0 Å². The van der Waals surface area contributed by atoms with Crippen LogP contribution in [0.2, 0.25) is 0 Å². The van der Waals surface area contributed by atoms with Crippen molar-refractivity contribution in [2.24, 2.45) is 0 Å². The molecule has 0 saturated carbocycles. The van der Waals surface area contributed by atoms with E-state index in [1.165, 1.54) is 18.3 Å². The van der Waals surface area contributed by atoms with Crippen molar-refractivity contribution in [2.45, 2.75) is 6.61 Å². The molecule has 0 aliphatic heterocycles. The summed E-state index contributed by atoms with van der Waals surface area (Å²) < 4.78 is 5.16. The number of anilines is 1. The Labute approximate surface area is 137 Å². The molecule has 24 heavy (non-hydrogen) atoms. The number of benzene rings is 2. The Morgan fingerprint density at radius 3 is 2.58 bits per heavy atom. The van der Waals surface area contributed by atoms with E-state index in [0.29, 0.717) is 16.6 Å². The molecule has 0 aliphatic rings. The first-order valence-corrected chi connectivity index (χ1v) is 7.24. The zero-order valence-corrected chi connectivity index (χ0v) is 12.6. The van der Waals surface area contributed by atoms with Gasteiger partial charge in [0, 0.05) is 11.6 Å². The molecule has 0 saturated heterocycles. The highest BCUT2D eigenvalue weighted by atomic mass is 16.5. The van der Waals surface area contributed by atoms with E-state index >= 15 is 0 Å². The first-order valence-electron chi connectivity index (χ1n) is 7.24.